The summed E-state index contributed by atoms with van der Waals surface area (Å²) in [4.78, 5) is 34.3. The predicted molar refractivity (Wildman–Crippen MR) is 121 cm³/mol. The van der Waals surface area contributed by atoms with Crippen molar-refractivity contribution >= 4 is 17.6 Å². The predicted octanol–water partition coefficient (Wildman–Crippen LogP) is 3.53. The van der Waals surface area contributed by atoms with Gasteiger partial charge in [-0.1, -0.05) is 31.0 Å². The maximum absolute atomic E-state index is 13.1. The minimum atomic E-state index is -0.288. The van der Waals surface area contributed by atoms with Crippen molar-refractivity contribution in [3.05, 3.63) is 60.0 Å². The van der Waals surface area contributed by atoms with E-state index in [9.17, 15) is 14.0 Å². The van der Waals surface area contributed by atoms with Gasteiger partial charge >= 0.3 is 0 Å². The Kier molecular flexibility index (Phi) is 7.02. The van der Waals surface area contributed by atoms with E-state index >= 15 is 0 Å². The minimum Gasteiger partial charge on any atom is -0.353 e. The summed E-state index contributed by atoms with van der Waals surface area (Å²) in [5, 5.41) is 2.95. The highest BCUT2D eigenvalue weighted by Gasteiger charge is 2.39. The summed E-state index contributed by atoms with van der Waals surface area (Å²) < 4.78 is 13.1. The maximum atomic E-state index is 13.1. The van der Waals surface area contributed by atoms with Crippen LogP contribution >= 0.6 is 0 Å². The highest BCUT2D eigenvalue weighted by molar-refractivity contribution is 5.80. The van der Waals surface area contributed by atoms with Gasteiger partial charge in [0.15, 0.2) is 0 Å². The molecule has 6 nitrogen and oxygen atoms in total. The fourth-order valence-corrected chi connectivity index (χ4v) is 4.91. The quantitative estimate of drug-likeness (QED) is 0.718. The lowest BCUT2D eigenvalue weighted by molar-refractivity contribution is -0.135. The van der Waals surface area contributed by atoms with Crippen molar-refractivity contribution in [3.8, 4) is 0 Å². The van der Waals surface area contributed by atoms with Crippen LogP contribution < -0.4 is 10.2 Å². The fourth-order valence-electron chi connectivity index (χ4n) is 4.91. The van der Waals surface area contributed by atoms with Gasteiger partial charge in [0.05, 0.1) is 0 Å². The zero-order chi connectivity index (χ0) is 22.4. The number of hydrogen-bond acceptors (Lipinski definition) is 4. The van der Waals surface area contributed by atoms with Crippen LogP contribution in [0, 0.1) is 11.2 Å². The molecule has 1 aromatic carbocycles. The van der Waals surface area contributed by atoms with E-state index in [0.717, 1.165) is 50.2 Å². The summed E-state index contributed by atoms with van der Waals surface area (Å²) in [6, 6.07) is 12.0. The largest absolute Gasteiger partial charge is 0.353 e. The van der Waals surface area contributed by atoms with Crippen molar-refractivity contribution in [3.63, 3.8) is 0 Å². The molecule has 0 bridgehead atoms. The highest BCUT2D eigenvalue weighted by Crippen LogP contribution is 2.44. The smallest absolute Gasteiger partial charge is 0.223 e. The van der Waals surface area contributed by atoms with Gasteiger partial charge in [-0.3, -0.25) is 9.59 Å². The van der Waals surface area contributed by atoms with Gasteiger partial charge < -0.3 is 15.1 Å². The molecule has 2 amide bonds. The van der Waals surface area contributed by atoms with Gasteiger partial charge in [-0.2, -0.15) is 0 Å². The monoisotopic (exact) mass is 438 g/mol. The second kappa shape index (κ2) is 10.1. The van der Waals surface area contributed by atoms with Crippen molar-refractivity contribution in [2.45, 2.75) is 45.1 Å². The molecule has 0 unspecified atom stereocenters. The molecule has 1 N–H and O–H groups in total. The second-order valence-electron chi connectivity index (χ2n) is 9.02. The number of carbonyl (C=O) groups excluding carboxylic acids is 2. The van der Waals surface area contributed by atoms with E-state index in [-0.39, 0.29) is 23.0 Å². The average molecular weight is 439 g/mol. The number of rotatable bonds is 7. The first-order chi connectivity index (χ1) is 15.5. The Morgan fingerprint density at radius 1 is 0.969 bits per heavy atom. The topological polar surface area (TPSA) is 65.5 Å². The standard InChI is InChI=1S/C25H31FN4O2/c26-21-8-6-20(7-9-21)19-28-23(31)17-25(10-2-3-11-25)18-24(32)30-15-13-29(14-16-30)22-5-1-4-12-27-22/h1,4-9,12H,2-3,10-11,13-19H2,(H,28,31). The van der Waals surface area contributed by atoms with Gasteiger partial charge in [0.1, 0.15) is 11.6 Å². The van der Waals surface area contributed by atoms with Gasteiger partial charge in [0.2, 0.25) is 11.8 Å². The van der Waals surface area contributed by atoms with Crippen molar-refractivity contribution in [1.82, 2.24) is 15.2 Å². The molecule has 170 valence electrons. The Morgan fingerprint density at radius 2 is 1.69 bits per heavy atom. The lowest BCUT2D eigenvalue weighted by atomic mass is 9.78. The van der Waals surface area contributed by atoms with Crippen molar-refractivity contribution in [2.24, 2.45) is 5.41 Å². The number of anilines is 1. The SMILES string of the molecule is O=C(CC1(CC(=O)N2CCN(c3ccccn3)CC2)CCCC1)NCc1ccc(F)cc1. The Balaban J connectivity index is 1.29. The highest BCUT2D eigenvalue weighted by atomic mass is 19.1. The number of nitrogens with zero attached hydrogens (tertiary/aromatic N) is 3. The Hall–Kier alpha value is -2.96. The first kappa shape index (κ1) is 22.2. The van der Waals surface area contributed by atoms with E-state index < -0.39 is 0 Å². The normalized spacial score (nSPS) is 17.9. The second-order valence-corrected chi connectivity index (χ2v) is 9.02. The lowest BCUT2D eigenvalue weighted by Crippen LogP contribution is -2.50. The number of halogens is 1. The summed E-state index contributed by atoms with van der Waals surface area (Å²) >= 11 is 0. The maximum Gasteiger partial charge on any atom is 0.223 e. The van der Waals surface area contributed by atoms with Crippen LogP contribution in [0.5, 0.6) is 0 Å². The number of pyridine rings is 1. The molecule has 4 rings (SSSR count). The van der Waals surface area contributed by atoms with Gasteiger partial charge in [-0.15, -0.1) is 0 Å². The summed E-state index contributed by atoms with van der Waals surface area (Å²) in [6.45, 7) is 3.28. The molecule has 2 heterocycles. The van der Waals surface area contributed by atoms with Crippen LogP contribution in [0.25, 0.3) is 0 Å². The number of aromatic nitrogens is 1. The molecule has 0 atom stereocenters. The van der Waals surface area contributed by atoms with Gasteiger partial charge in [0, 0.05) is 51.8 Å². The number of amides is 2. The summed E-state index contributed by atoms with van der Waals surface area (Å²) in [7, 11) is 0. The van der Waals surface area contributed by atoms with Crippen LogP contribution in [0.15, 0.2) is 48.7 Å². The molecular formula is C25H31FN4O2. The van der Waals surface area contributed by atoms with Gasteiger partial charge in [-0.05, 0) is 48.1 Å². The van der Waals surface area contributed by atoms with Crippen LogP contribution in [0.2, 0.25) is 0 Å². The lowest BCUT2D eigenvalue weighted by Gasteiger charge is -2.37. The molecule has 0 radical (unpaired) electrons. The van der Waals surface area contributed by atoms with E-state index in [0.29, 0.717) is 32.5 Å². The van der Waals surface area contributed by atoms with Crippen molar-refractivity contribution in [1.29, 1.82) is 0 Å². The Morgan fingerprint density at radius 3 is 2.34 bits per heavy atom. The van der Waals surface area contributed by atoms with Gasteiger partial charge in [-0.25, -0.2) is 9.37 Å². The number of hydrogen-bond donors (Lipinski definition) is 1. The third kappa shape index (κ3) is 5.64. The summed E-state index contributed by atoms with van der Waals surface area (Å²) in [6.07, 6.45) is 6.54. The van der Waals surface area contributed by atoms with E-state index in [2.05, 4.69) is 15.2 Å². The molecule has 0 spiro atoms. The molecule has 2 aromatic rings. The molecule has 2 aliphatic rings. The molecule has 1 aliphatic heterocycles. The third-order valence-corrected chi connectivity index (χ3v) is 6.73. The molecule has 2 fully saturated rings. The molecule has 1 saturated heterocycles. The van der Waals surface area contributed by atoms with E-state index in [1.807, 2.05) is 23.1 Å². The molecule has 1 aromatic heterocycles. The summed E-state index contributed by atoms with van der Waals surface area (Å²) in [5.74, 6) is 0.775. The summed E-state index contributed by atoms with van der Waals surface area (Å²) in [5.41, 5.74) is 0.615. The van der Waals surface area contributed by atoms with Crippen molar-refractivity contribution < 1.29 is 14.0 Å². The molecule has 32 heavy (non-hydrogen) atoms. The Bertz CT molecular complexity index is 905. The first-order valence-electron chi connectivity index (χ1n) is 11.5. The zero-order valence-corrected chi connectivity index (χ0v) is 18.4. The number of carbonyl (C=O) groups is 2. The van der Waals surface area contributed by atoms with E-state index in [1.54, 1.807) is 18.3 Å². The van der Waals surface area contributed by atoms with Crippen LogP contribution in [0.1, 0.15) is 44.1 Å². The molecule has 7 heteroatoms. The first-order valence-corrected chi connectivity index (χ1v) is 11.5. The molecule has 1 saturated carbocycles. The fraction of sp³-hybridized carbons (Fsp3) is 0.480. The zero-order valence-electron chi connectivity index (χ0n) is 18.4. The molecular weight excluding hydrogens is 407 g/mol. The van der Waals surface area contributed by atoms with Crippen molar-refractivity contribution in [2.75, 3.05) is 31.1 Å². The third-order valence-electron chi connectivity index (χ3n) is 6.73. The average Bonchev–Trinajstić information content (AvgIpc) is 3.27. The number of nitrogens with one attached hydrogen (secondary N) is 1. The number of benzene rings is 1. The number of piperazine rings is 1. The van der Waals surface area contributed by atoms with Crippen LogP contribution in [0.3, 0.4) is 0 Å². The minimum absolute atomic E-state index is 0.0380. The van der Waals surface area contributed by atoms with Crippen LogP contribution in [0.4, 0.5) is 10.2 Å². The Labute approximate surface area is 188 Å². The van der Waals surface area contributed by atoms with E-state index in [1.165, 1.54) is 12.1 Å². The molecule has 1 aliphatic carbocycles. The van der Waals surface area contributed by atoms with Gasteiger partial charge in [0.25, 0.3) is 0 Å². The van der Waals surface area contributed by atoms with Crippen LogP contribution in [-0.4, -0.2) is 47.9 Å². The van der Waals surface area contributed by atoms with Crippen LogP contribution in [-0.2, 0) is 16.1 Å². The van der Waals surface area contributed by atoms with E-state index in [4.69, 9.17) is 0 Å².